The van der Waals surface area contributed by atoms with Crippen LogP contribution in [0.15, 0.2) is 24.3 Å². The second-order valence-electron chi connectivity index (χ2n) is 6.80. The van der Waals surface area contributed by atoms with E-state index in [9.17, 15) is 9.59 Å². The number of carbonyl (C=O) groups excluding carboxylic acids is 2. The molecule has 0 saturated carbocycles. The summed E-state index contributed by atoms with van der Waals surface area (Å²) in [5.74, 6) is 0.00617. The second kappa shape index (κ2) is 9.56. The van der Waals surface area contributed by atoms with E-state index < -0.39 is 0 Å². The molecule has 1 aliphatic heterocycles. The molecule has 5 heteroatoms. The number of likely N-dealkylation sites (tertiary alicyclic amines) is 1. The minimum Gasteiger partial charge on any atom is -0.374 e. The molecule has 1 N–H and O–H groups in total. The van der Waals surface area contributed by atoms with Gasteiger partial charge in [-0.25, -0.2) is 0 Å². The molecule has 0 aromatic heterocycles. The smallest absolute Gasteiger partial charge is 0.243 e. The summed E-state index contributed by atoms with van der Waals surface area (Å²) in [6, 6.07) is 7.65. The number of hydrogen-bond donors (Lipinski definition) is 1. The van der Waals surface area contributed by atoms with Gasteiger partial charge in [-0.3, -0.25) is 9.59 Å². The van der Waals surface area contributed by atoms with Crippen LogP contribution in [0.25, 0.3) is 0 Å². The highest BCUT2D eigenvalue weighted by molar-refractivity contribution is 5.87. The highest BCUT2D eigenvalue weighted by atomic mass is 16.5. The standard InChI is InChI=1S/C20H30N2O3/c1-4-19(23)22-12-8-7-11-18(22)20(24)21-13-16-9-5-6-10-17(16)14-25-15(2)3/h5-6,9-10,15,18H,4,7-8,11-14H2,1-3H3,(H,21,24). The van der Waals surface area contributed by atoms with Crippen LogP contribution in [0.1, 0.15) is 57.6 Å². The van der Waals surface area contributed by atoms with Crippen LogP contribution in [-0.2, 0) is 27.5 Å². The Balaban J connectivity index is 1.98. The van der Waals surface area contributed by atoms with Crippen molar-refractivity contribution in [2.45, 2.75) is 71.8 Å². The van der Waals surface area contributed by atoms with E-state index >= 15 is 0 Å². The van der Waals surface area contributed by atoms with Gasteiger partial charge in [0.05, 0.1) is 12.7 Å². The number of ether oxygens (including phenoxy) is 1. The Morgan fingerprint density at radius 2 is 1.96 bits per heavy atom. The lowest BCUT2D eigenvalue weighted by atomic mass is 10.0. The van der Waals surface area contributed by atoms with E-state index in [1.807, 2.05) is 45.0 Å². The highest BCUT2D eigenvalue weighted by Gasteiger charge is 2.31. The molecule has 0 spiro atoms. The quantitative estimate of drug-likeness (QED) is 0.826. The van der Waals surface area contributed by atoms with Crippen LogP contribution in [0.3, 0.4) is 0 Å². The minimum absolute atomic E-state index is 0.0546. The van der Waals surface area contributed by atoms with Crippen LogP contribution in [0.5, 0.6) is 0 Å². The van der Waals surface area contributed by atoms with Gasteiger partial charge in [-0.2, -0.15) is 0 Å². The van der Waals surface area contributed by atoms with Crippen molar-refractivity contribution in [2.24, 2.45) is 0 Å². The summed E-state index contributed by atoms with van der Waals surface area (Å²) < 4.78 is 5.69. The van der Waals surface area contributed by atoms with E-state index in [1.54, 1.807) is 4.90 Å². The predicted octanol–water partition coefficient (Wildman–Crippen LogP) is 3.02. The van der Waals surface area contributed by atoms with Crippen LogP contribution in [0, 0.1) is 0 Å². The third-order valence-corrected chi connectivity index (χ3v) is 4.57. The van der Waals surface area contributed by atoms with Crippen LogP contribution in [0.2, 0.25) is 0 Å². The summed E-state index contributed by atoms with van der Waals surface area (Å²) in [4.78, 5) is 26.5. The van der Waals surface area contributed by atoms with Gasteiger partial charge in [0.25, 0.3) is 0 Å². The third-order valence-electron chi connectivity index (χ3n) is 4.57. The van der Waals surface area contributed by atoms with Crippen molar-refractivity contribution in [1.29, 1.82) is 0 Å². The Labute approximate surface area is 150 Å². The lowest BCUT2D eigenvalue weighted by Crippen LogP contribution is -2.51. The molecule has 25 heavy (non-hydrogen) atoms. The molecule has 1 unspecified atom stereocenters. The average molecular weight is 346 g/mol. The van der Waals surface area contributed by atoms with Crippen molar-refractivity contribution in [3.63, 3.8) is 0 Å². The minimum atomic E-state index is -0.333. The zero-order valence-electron chi connectivity index (χ0n) is 15.6. The molecule has 1 saturated heterocycles. The Hall–Kier alpha value is -1.88. The number of rotatable bonds is 7. The van der Waals surface area contributed by atoms with Gasteiger partial charge in [0, 0.05) is 19.5 Å². The van der Waals surface area contributed by atoms with E-state index in [2.05, 4.69) is 5.32 Å². The molecule has 0 bridgehead atoms. The number of nitrogens with zero attached hydrogens (tertiary/aromatic N) is 1. The largest absolute Gasteiger partial charge is 0.374 e. The molecule has 1 aromatic carbocycles. The second-order valence-corrected chi connectivity index (χ2v) is 6.80. The molecular weight excluding hydrogens is 316 g/mol. The summed E-state index contributed by atoms with van der Waals surface area (Å²) in [6.07, 6.45) is 3.32. The van der Waals surface area contributed by atoms with Crippen molar-refractivity contribution in [3.05, 3.63) is 35.4 Å². The van der Waals surface area contributed by atoms with Gasteiger partial charge in [0.2, 0.25) is 11.8 Å². The fraction of sp³-hybridized carbons (Fsp3) is 0.600. The number of benzene rings is 1. The van der Waals surface area contributed by atoms with E-state index in [-0.39, 0.29) is 24.0 Å². The number of piperidine rings is 1. The molecule has 2 amide bonds. The Morgan fingerprint density at radius 3 is 2.64 bits per heavy atom. The van der Waals surface area contributed by atoms with Gasteiger partial charge in [0.15, 0.2) is 0 Å². The number of carbonyl (C=O) groups is 2. The third kappa shape index (κ3) is 5.56. The molecule has 0 radical (unpaired) electrons. The summed E-state index contributed by atoms with van der Waals surface area (Å²) >= 11 is 0. The summed E-state index contributed by atoms with van der Waals surface area (Å²) in [7, 11) is 0. The molecule has 1 fully saturated rings. The first kappa shape index (κ1) is 19.4. The predicted molar refractivity (Wildman–Crippen MR) is 97.9 cm³/mol. The topological polar surface area (TPSA) is 58.6 Å². The fourth-order valence-corrected chi connectivity index (χ4v) is 3.13. The van der Waals surface area contributed by atoms with Crippen LogP contribution < -0.4 is 5.32 Å². The molecule has 2 rings (SSSR count). The molecule has 0 aliphatic carbocycles. The van der Waals surface area contributed by atoms with Crippen molar-refractivity contribution < 1.29 is 14.3 Å². The van der Waals surface area contributed by atoms with Crippen molar-refractivity contribution in [3.8, 4) is 0 Å². The summed E-state index contributed by atoms with van der Waals surface area (Å²) in [6.45, 7) is 7.54. The van der Waals surface area contributed by atoms with Gasteiger partial charge in [0.1, 0.15) is 6.04 Å². The molecule has 5 nitrogen and oxygen atoms in total. The van der Waals surface area contributed by atoms with Crippen molar-refractivity contribution in [1.82, 2.24) is 10.2 Å². The van der Waals surface area contributed by atoms with Crippen LogP contribution in [-0.4, -0.2) is 35.4 Å². The Kier molecular flexibility index (Phi) is 7.44. The number of nitrogens with one attached hydrogen (secondary N) is 1. The molecule has 1 heterocycles. The zero-order chi connectivity index (χ0) is 18.2. The van der Waals surface area contributed by atoms with E-state index in [4.69, 9.17) is 4.74 Å². The molecule has 1 aromatic rings. The first-order valence-corrected chi connectivity index (χ1v) is 9.28. The molecule has 138 valence electrons. The van der Waals surface area contributed by atoms with E-state index in [0.717, 1.165) is 30.4 Å². The van der Waals surface area contributed by atoms with Gasteiger partial charge < -0.3 is 15.0 Å². The Morgan fingerprint density at radius 1 is 1.24 bits per heavy atom. The van der Waals surface area contributed by atoms with Crippen LogP contribution in [0.4, 0.5) is 0 Å². The molecule has 1 aliphatic rings. The lowest BCUT2D eigenvalue weighted by Gasteiger charge is -2.34. The van der Waals surface area contributed by atoms with Crippen molar-refractivity contribution in [2.75, 3.05) is 6.54 Å². The normalized spacial score (nSPS) is 17.6. The summed E-state index contributed by atoms with van der Waals surface area (Å²) in [5.41, 5.74) is 2.14. The van der Waals surface area contributed by atoms with Gasteiger partial charge >= 0.3 is 0 Å². The number of hydrogen-bond acceptors (Lipinski definition) is 3. The maximum absolute atomic E-state index is 12.6. The lowest BCUT2D eigenvalue weighted by molar-refractivity contribution is -0.142. The maximum Gasteiger partial charge on any atom is 0.243 e. The molecular formula is C20H30N2O3. The summed E-state index contributed by atoms with van der Waals surface area (Å²) in [5, 5.41) is 3.02. The SMILES string of the molecule is CCC(=O)N1CCCCC1C(=O)NCc1ccccc1COC(C)C. The monoisotopic (exact) mass is 346 g/mol. The van der Waals surface area contributed by atoms with E-state index in [1.165, 1.54) is 0 Å². The van der Waals surface area contributed by atoms with Crippen LogP contribution >= 0.6 is 0 Å². The zero-order valence-corrected chi connectivity index (χ0v) is 15.6. The average Bonchev–Trinajstić information content (AvgIpc) is 2.64. The fourth-order valence-electron chi connectivity index (χ4n) is 3.13. The maximum atomic E-state index is 12.6. The highest BCUT2D eigenvalue weighted by Crippen LogP contribution is 2.19. The van der Waals surface area contributed by atoms with E-state index in [0.29, 0.717) is 26.1 Å². The first-order valence-electron chi connectivity index (χ1n) is 9.28. The van der Waals surface area contributed by atoms with Gasteiger partial charge in [-0.15, -0.1) is 0 Å². The Bertz CT molecular complexity index is 586. The van der Waals surface area contributed by atoms with Crippen molar-refractivity contribution >= 4 is 11.8 Å². The van der Waals surface area contributed by atoms with Gasteiger partial charge in [-0.05, 0) is 44.2 Å². The first-order chi connectivity index (χ1) is 12.0. The number of amides is 2. The molecule has 1 atom stereocenters. The van der Waals surface area contributed by atoms with Gasteiger partial charge in [-0.1, -0.05) is 31.2 Å².